The summed E-state index contributed by atoms with van der Waals surface area (Å²) in [6.07, 6.45) is 2.41. The van der Waals surface area contributed by atoms with E-state index in [9.17, 15) is 0 Å². The van der Waals surface area contributed by atoms with Gasteiger partial charge in [-0.15, -0.1) is 0 Å². The molecule has 1 atom stereocenters. The first-order chi connectivity index (χ1) is 9.74. The summed E-state index contributed by atoms with van der Waals surface area (Å²) >= 11 is 3.90. The van der Waals surface area contributed by atoms with Crippen LogP contribution >= 0.6 is 15.9 Å². The first-order valence-electron chi connectivity index (χ1n) is 7.39. The fraction of sp³-hybridized carbons (Fsp3) is 0.333. The Kier molecular flexibility index (Phi) is 3.84. The molecule has 20 heavy (non-hydrogen) atoms. The van der Waals surface area contributed by atoms with Crippen LogP contribution in [0, 0.1) is 5.92 Å². The van der Waals surface area contributed by atoms with Gasteiger partial charge in [-0.25, -0.2) is 0 Å². The number of H-pyrrole nitrogens is 1. The number of halogens is 1. The van der Waals surface area contributed by atoms with Gasteiger partial charge in [0.2, 0.25) is 0 Å². The van der Waals surface area contributed by atoms with Crippen molar-refractivity contribution in [1.82, 2.24) is 4.98 Å². The van der Waals surface area contributed by atoms with E-state index in [4.69, 9.17) is 0 Å². The highest BCUT2D eigenvalue weighted by molar-refractivity contribution is 9.09. The topological polar surface area (TPSA) is 15.8 Å². The molecule has 2 aromatic carbocycles. The molecule has 0 spiro atoms. The van der Waals surface area contributed by atoms with Crippen molar-refractivity contribution in [2.75, 3.05) is 0 Å². The van der Waals surface area contributed by atoms with Crippen molar-refractivity contribution in [3.8, 4) is 0 Å². The largest absolute Gasteiger partial charge is 0.355 e. The summed E-state index contributed by atoms with van der Waals surface area (Å²) in [6.45, 7) is 4.54. The van der Waals surface area contributed by atoms with Crippen molar-refractivity contribution in [2.24, 2.45) is 5.92 Å². The summed E-state index contributed by atoms with van der Waals surface area (Å²) in [5.41, 5.74) is 3.82. The van der Waals surface area contributed by atoms with Gasteiger partial charge in [0, 0.05) is 26.6 Å². The number of aromatic amines is 1. The van der Waals surface area contributed by atoms with Crippen molar-refractivity contribution >= 4 is 37.7 Å². The molecule has 3 rings (SSSR count). The SMILES string of the molecule is CCC(CC)C(Br)c1ccc2[nH]c3ccccc3c2c1. The number of aromatic nitrogens is 1. The molecule has 104 valence electrons. The predicted octanol–water partition coefficient (Wildman–Crippen LogP) is 6.19. The first-order valence-corrected chi connectivity index (χ1v) is 8.30. The molecule has 0 aliphatic heterocycles. The average Bonchev–Trinajstić information content (AvgIpc) is 2.86. The number of hydrogen-bond donors (Lipinski definition) is 1. The van der Waals surface area contributed by atoms with Crippen LogP contribution in [0.4, 0.5) is 0 Å². The molecule has 1 unspecified atom stereocenters. The van der Waals surface area contributed by atoms with E-state index in [-0.39, 0.29) is 0 Å². The summed E-state index contributed by atoms with van der Waals surface area (Å²) in [6, 6.07) is 15.3. The Labute approximate surface area is 128 Å². The zero-order valence-corrected chi connectivity index (χ0v) is 13.6. The van der Waals surface area contributed by atoms with Crippen molar-refractivity contribution in [1.29, 1.82) is 0 Å². The highest BCUT2D eigenvalue weighted by Gasteiger charge is 2.18. The number of fused-ring (bicyclic) bond motifs is 3. The van der Waals surface area contributed by atoms with Crippen LogP contribution in [0.3, 0.4) is 0 Å². The molecule has 0 bridgehead atoms. The average molecular weight is 330 g/mol. The maximum Gasteiger partial charge on any atom is 0.0465 e. The maximum atomic E-state index is 3.90. The van der Waals surface area contributed by atoms with Crippen molar-refractivity contribution in [3.05, 3.63) is 48.0 Å². The standard InChI is InChI=1S/C18H20BrN/c1-3-12(4-2)18(19)13-9-10-17-15(11-13)14-7-5-6-8-16(14)20-17/h5-12,18,20H,3-4H2,1-2H3. The Morgan fingerprint density at radius 2 is 1.65 bits per heavy atom. The lowest BCUT2D eigenvalue weighted by molar-refractivity contribution is 0.487. The van der Waals surface area contributed by atoms with Gasteiger partial charge in [0.05, 0.1) is 0 Å². The minimum absolute atomic E-state index is 0.440. The van der Waals surface area contributed by atoms with E-state index in [0.717, 1.165) is 0 Å². The molecule has 1 aromatic heterocycles. The van der Waals surface area contributed by atoms with Crippen LogP contribution in [0.5, 0.6) is 0 Å². The molecule has 0 radical (unpaired) electrons. The Hall–Kier alpha value is -1.28. The normalized spacial score (nSPS) is 13.4. The Balaban J connectivity index is 2.12. The zero-order valence-electron chi connectivity index (χ0n) is 12.0. The van der Waals surface area contributed by atoms with E-state index in [1.807, 2.05) is 0 Å². The summed E-state index contributed by atoms with van der Waals surface area (Å²) in [5.74, 6) is 0.692. The Bertz CT molecular complexity index is 724. The summed E-state index contributed by atoms with van der Waals surface area (Å²) in [5, 5.41) is 2.64. The highest BCUT2D eigenvalue weighted by Crippen LogP contribution is 2.37. The van der Waals surface area contributed by atoms with Crippen LogP contribution in [0.25, 0.3) is 21.8 Å². The molecule has 1 nitrogen and oxygen atoms in total. The smallest absolute Gasteiger partial charge is 0.0465 e. The number of benzene rings is 2. The van der Waals surface area contributed by atoms with Gasteiger partial charge < -0.3 is 4.98 Å². The summed E-state index contributed by atoms with van der Waals surface area (Å²) < 4.78 is 0. The molecular formula is C18H20BrN. The highest BCUT2D eigenvalue weighted by atomic mass is 79.9. The fourth-order valence-electron chi connectivity index (χ4n) is 3.01. The predicted molar refractivity (Wildman–Crippen MR) is 91.5 cm³/mol. The monoisotopic (exact) mass is 329 g/mol. The molecule has 0 aliphatic carbocycles. The molecule has 0 saturated carbocycles. The lowest BCUT2D eigenvalue weighted by Crippen LogP contribution is -2.05. The Morgan fingerprint density at radius 1 is 0.950 bits per heavy atom. The lowest BCUT2D eigenvalue weighted by Gasteiger charge is -2.20. The van der Waals surface area contributed by atoms with Crippen LogP contribution in [0.1, 0.15) is 37.1 Å². The fourth-order valence-corrected chi connectivity index (χ4v) is 4.04. The third kappa shape index (κ3) is 2.26. The molecule has 0 aliphatic rings. The minimum atomic E-state index is 0.440. The van der Waals surface area contributed by atoms with Crippen LogP contribution in [-0.4, -0.2) is 4.98 Å². The van der Waals surface area contributed by atoms with Crippen molar-refractivity contribution < 1.29 is 0 Å². The second kappa shape index (κ2) is 5.61. The van der Waals surface area contributed by atoms with Gasteiger partial charge in [0.1, 0.15) is 0 Å². The molecule has 0 fully saturated rings. The molecule has 1 N–H and O–H groups in total. The van der Waals surface area contributed by atoms with Crippen LogP contribution in [0.2, 0.25) is 0 Å². The van der Waals surface area contributed by atoms with Crippen LogP contribution in [-0.2, 0) is 0 Å². The number of para-hydroxylation sites is 1. The second-order valence-electron chi connectivity index (χ2n) is 5.45. The van der Waals surface area contributed by atoms with Crippen molar-refractivity contribution in [2.45, 2.75) is 31.5 Å². The third-order valence-corrected chi connectivity index (χ3v) is 5.59. The van der Waals surface area contributed by atoms with E-state index < -0.39 is 0 Å². The minimum Gasteiger partial charge on any atom is -0.355 e. The molecule has 0 amide bonds. The number of nitrogens with one attached hydrogen (secondary N) is 1. The van der Waals surface area contributed by atoms with Crippen LogP contribution in [0.15, 0.2) is 42.5 Å². The number of rotatable bonds is 4. The maximum absolute atomic E-state index is 3.90. The molecular weight excluding hydrogens is 310 g/mol. The molecule has 0 saturated heterocycles. The van der Waals surface area contributed by atoms with E-state index in [1.165, 1.54) is 40.2 Å². The zero-order chi connectivity index (χ0) is 14.1. The van der Waals surface area contributed by atoms with E-state index in [2.05, 4.69) is 77.2 Å². The van der Waals surface area contributed by atoms with Gasteiger partial charge in [0.15, 0.2) is 0 Å². The Morgan fingerprint density at radius 3 is 2.40 bits per heavy atom. The molecule has 3 aromatic rings. The van der Waals surface area contributed by atoms with Crippen LogP contribution < -0.4 is 0 Å². The van der Waals surface area contributed by atoms with E-state index in [0.29, 0.717) is 10.7 Å². The molecule has 1 heterocycles. The van der Waals surface area contributed by atoms with Gasteiger partial charge in [-0.1, -0.05) is 66.9 Å². The third-order valence-electron chi connectivity index (χ3n) is 4.31. The van der Waals surface area contributed by atoms with Gasteiger partial charge in [-0.2, -0.15) is 0 Å². The van der Waals surface area contributed by atoms with Gasteiger partial charge in [-0.05, 0) is 29.7 Å². The summed E-state index contributed by atoms with van der Waals surface area (Å²) in [4.78, 5) is 3.93. The molecule has 2 heteroatoms. The van der Waals surface area contributed by atoms with E-state index >= 15 is 0 Å². The van der Waals surface area contributed by atoms with Crippen molar-refractivity contribution in [3.63, 3.8) is 0 Å². The lowest BCUT2D eigenvalue weighted by atomic mass is 9.93. The van der Waals surface area contributed by atoms with Gasteiger partial charge >= 0.3 is 0 Å². The van der Waals surface area contributed by atoms with Gasteiger partial charge in [0.25, 0.3) is 0 Å². The quantitative estimate of drug-likeness (QED) is 0.549. The summed E-state index contributed by atoms with van der Waals surface area (Å²) in [7, 11) is 0. The number of alkyl halides is 1. The van der Waals surface area contributed by atoms with Gasteiger partial charge in [-0.3, -0.25) is 0 Å². The number of hydrogen-bond acceptors (Lipinski definition) is 0. The first kappa shape index (κ1) is 13.7. The second-order valence-corrected chi connectivity index (χ2v) is 6.44. The van der Waals surface area contributed by atoms with E-state index in [1.54, 1.807) is 0 Å².